The molecular formula is C24H30N6O. The molecule has 1 saturated heterocycles. The van der Waals surface area contributed by atoms with E-state index in [0.717, 1.165) is 23.0 Å². The summed E-state index contributed by atoms with van der Waals surface area (Å²) in [6, 6.07) is 13.2. The molecule has 2 aliphatic rings. The Labute approximate surface area is 183 Å². The lowest BCUT2D eigenvalue weighted by Crippen LogP contribution is -2.49. The maximum atomic E-state index is 5.68. The lowest BCUT2D eigenvalue weighted by Gasteiger charge is -2.41. The predicted octanol–water partition coefficient (Wildman–Crippen LogP) is 3.86. The Hall–Kier alpha value is -2.77. The zero-order valence-electron chi connectivity index (χ0n) is 18.1. The van der Waals surface area contributed by atoms with E-state index in [2.05, 4.69) is 43.8 Å². The first kappa shape index (κ1) is 20.2. The Morgan fingerprint density at radius 2 is 1.52 bits per heavy atom. The van der Waals surface area contributed by atoms with E-state index in [1.807, 2.05) is 30.3 Å². The lowest BCUT2D eigenvalue weighted by atomic mass is 9.90. The first-order chi connectivity index (χ1) is 15.2. The van der Waals surface area contributed by atoms with Crippen molar-refractivity contribution in [1.29, 1.82) is 0 Å². The second-order valence-electron chi connectivity index (χ2n) is 8.65. The van der Waals surface area contributed by atoms with Crippen LogP contribution in [0.4, 0.5) is 0 Å². The Morgan fingerprint density at radius 3 is 2.23 bits per heavy atom. The second kappa shape index (κ2) is 9.16. The molecule has 0 N–H and O–H groups in total. The fraction of sp³-hybridized carbons (Fsp3) is 0.458. The summed E-state index contributed by atoms with van der Waals surface area (Å²) in [5, 5.41) is 4.84. The van der Waals surface area contributed by atoms with Crippen LogP contribution in [0.3, 0.4) is 0 Å². The minimum atomic E-state index is 0.344. The Kier molecular flexibility index (Phi) is 5.95. The van der Waals surface area contributed by atoms with E-state index in [-0.39, 0.29) is 0 Å². The summed E-state index contributed by atoms with van der Waals surface area (Å²) in [4.78, 5) is 13.8. The highest BCUT2D eigenvalue weighted by molar-refractivity contribution is 5.56. The summed E-state index contributed by atoms with van der Waals surface area (Å²) in [5.74, 6) is 0.728. The molecular weight excluding hydrogens is 388 g/mol. The molecule has 3 aromatic rings. The third-order valence-electron chi connectivity index (χ3n) is 6.58. The smallest absolute Gasteiger partial charge is 0.321 e. The molecule has 0 radical (unpaired) electrons. The normalized spacial score (nSPS) is 23.0. The third kappa shape index (κ3) is 4.78. The van der Waals surface area contributed by atoms with Crippen molar-refractivity contribution in [2.75, 3.05) is 33.2 Å². The highest BCUT2D eigenvalue weighted by Crippen LogP contribution is 2.32. The second-order valence-corrected chi connectivity index (χ2v) is 8.65. The quantitative estimate of drug-likeness (QED) is 0.627. The van der Waals surface area contributed by atoms with E-state index in [1.54, 1.807) is 12.4 Å². The molecule has 5 rings (SSSR count). The maximum Gasteiger partial charge on any atom is 0.321 e. The van der Waals surface area contributed by atoms with Crippen molar-refractivity contribution in [3.63, 3.8) is 0 Å². The standard InChI is InChI=1S/C24H30N6O/c1-28-13-15-29(16-14-28)20-7-9-21(10-8-20)30-12-11-23(27-30)19-17-25-24(26-18-19)31-22-5-3-2-4-6-22/h2-6,11-12,17-18,20-21H,7-10,13-16H2,1H3. The molecule has 162 valence electrons. The number of para-hydroxylation sites is 1. The van der Waals surface area contributed by atoms with Crippen molar-refractivity contribution >= 4 is 0 Å². The van der Waals surface area contributed by atoms with E-state index in [4.69, 9.17) is 9.84 Å². The fourth-order valence-corrected chi connectivity index (χ4v) is 4.67. The SMILES string of the molecule is CN1CCN(C2CCC(n3ccc(-c4cnc(Oc5ccccc5)nc4)n3)CC2)CC1. The van der Waals surface area contributed by atoms with Crippen molar-refractivity contribution in [3.05, 3.63) is 55.0 Å². The number of hydrogen-bond donors (Lipinski definition) is 0. The van der Waals surface area contributed by atoms with Gasteiger partial charge in [0.25, 0.3) is 0 Å². The van der Waals surface area contributed by atoms with E-state index in [1.165, 1.54) is 51.9 Å². The molecule has 0 spiro atoms. The zero-order valence-corrected chi connectivity index (χ0v) is 18.1. The topological polar surface area (TPSA) is 59.3 Å². The highest BCUT2D eigenvalue weighted by Gasteiger charge is 2.28. The Balaban J connectivity index is 1.18. The third-order valence-corrected chi connectivity index (χ3v) is 6.58. The highest BCUT2D eigenvalue weighted by atomic mass is 16.5. The van der Waals surface area contributed by atoms with Crippen LogP contribution < -0.4 is 4.74 Å². The van der Waals surface area contributed by atoms with Gasteiger partial charge in [-0.1, -0.05) is 18.2 Å². The molecule has 0 bridgehead atoms. The van der Waals surface area contributed by atoms with Crippen LogP contribution in [0.1, 0.15) is 31.7 Å². The molecule has 1 aromatic carbocycles. The minimum absolute atomic E-state index is 0.344. The number of aromatic nitrogens is 4. The lowest BCUT2D eigenvalue weighted by molar-refractivity contribution is 0.0811. The zero-order chi connectivity index (χ0) is 21.0. The molecule has 7 nitrogen and oxygen atoms in total. The number of benzene rings is 1. The maximum absolute atomic E-state index is 5.68. The van der Waals surface area contributed by atoms with Gasteiger partial charge >= 0.3 is 6.01 Å². The molecule has 0 amide bonds. The predicted molar refractivity (Wildman–Crippen MR) is 120 cm³/mol. The van der Waals surface area contributed by atoms with Gasteiger partial charge < -0.3 is 9.64 Å². The van der Waals surface area contributed by atoms with Gasteiger partial charge in [0.15, 0.2) is 0 Å². The molecule has 3 heterocycles. The number of hydrogen-bond acceptors (Lipinski definition) is 6. The summed E-state index contributed by atoms with van der Waals surface area (Å²) in [5.41, 5.74) is 1.82. The van der Waals surface area contributed by atoms with Gasteiger partial charge in [-0.25, -0.2) is 9.97 Å². The van der Waals surface area contributed by atoms with Gasteiger partial charge in [0.05, 0.1) is 11.7 Å². The number of rotatable bonds is 5. The molecule has 31 heavy (non-hydrogen) atoms. The monoisotopic (exact) mass is 418 g/mol. The molecule has 1 aliphatic heterocycles. The van der Waals surface area contributed by atoms with Crippen LogP contribution in [0.15, 0.2) is 55.0 Å². The number of piperazine rings is 1. The molecule has 0 unspecified atom stereocenters. The van der Waals surface area contributed by atoms with E-state index in [9.17, 15) is 0 Å². The van der Waals surface area contributed by atoms with Gasteiger partial charge in [0, 0.05) is 56.4 Å². The summed E-state index contributed by atoms with van der Waals surface area (Å²) < 4.78 is 7.82. The largest absolute Gasteiger partial charge is 0.424 e. The first-order valence-electron chi connectivity index (χ1n) is 11.3. The van der Waals surface area contributed by atoms with Crippen molar-refractivity contribution in [1.82, 2.24) is 29.5 Å². The Morgan fingerprint density at radius 1 is 0.839 bits per heavy atom. The summed E-state index contributed by atoms with van der Waals surface area (Å²) in [6.07, 6.45) is 10.6. The van der Waals surface area contributed by atoms with Crippen molar-refractivity contribution in [2.24, 2.45) is 0 Å². The number of ether oxygens (including phenoxy) is 1. The van der Waals surface area contributed by atoms with Crippen LogP contribution >= 0.6 is 0 Å². The van der Waals surface area contributed by atoms with E-state index >= 15 is 0 Å². The minimum Gasteiger partial charge on any atom is -0.424 e. The van der Waals surface area contributed by atoms with Crippen LogP contribution in [0.5, 0.6) is 11.8 Å². The molecule has 2 aromatic heterocycles. The average Bonchev–Trinajstić information content (AvgIpc) is 3.31. The van der Waals surface area contributed by atoms with Crippen molar-refractivity contribution in [2.45, 2.75) is 37.8 Å². The van der Waals surface area contributed by atoms with Crippen LogP contribution in [-0.4, -0.2) is 68.8 Å². The van der Waals surface area contributed by atoms with Gasteiger partial charge in [-0.3, -0.25) is 9.58 Å². The number of nitrogens with zero attached hydrogens (tertiary/aromatic N) is 6. The van der Waals surface area contributed by atoms with Gasteiger partial charge in [0.2, 0.25) is 0 Å². The van der Waals surface area contributed by atoms with Crippen LogP contribution in [0, 0.1) is 0 Å². The van der Waals surface area contributed by atoms with Crippen LogP contribution in [0.2, 0.25) is 0 Å². The molecule has 2 fully saturated rings. The molecule has 7 heteroatoms. The summed E-state index contributed by atoms with van der Waals surface area (Å²) in [6.45, 7) is 4.81. The van der Waals surface area contributed by atoms with Gasteiger partial charge in [0.1, 0.15) is 5.75 Å². The molecule has 1 aliphatic carbocycles. The van der Waals surface area contributed by atoms with Crippen LogP contribution in [0.25, 0.3) is 11.3 Å². The van der Waals surface area contributed by atoms with Crippen molar-refractivity contribution < 1.29 is 4.74 Å². The summed E-state index contributed by atoms with van der Waals surface area (Å²) in [7, 11) is 2.22. The van der Waals surface area contributed by atoms with Gasteiger partial charge in [-0.2, -0.15) is 5.10 Å². The van der Waals surface area contributed by atoms with Gasteiger partial charge in [-0.15, -0.1) is 0 Å². The average molecular weight is 419 g/mol. The van der Waals surface area contributed by atoms with Gasteiger partial charge in [-0.05, 0) is 50.9 Å². The Bertz CT molecular complexity index is 957. The first-order valence-corrected chi connectivity index (χ1v) is 11.3. The van der Waals surface area contributed by atoms with Crippen LogP contribution in [-0.2, 0) is 0 Å². The number of likely N-dealkylation sites (N-methyl/N-ethyl adjacent to an activating group) is 1. The van der Waals surface area contributed by atoms with Crippen molar-refractivity contribution in [3.8, 4) is 23.0 Å². The molecule has 1 saturated carbocycles. The fourth-order valence-electron chi connectivity index (χ4n) is 4.67. The molecule has 0 atom stereocenters. The van der Waals surface area contributed by atoms with E-state index in [0.29, 0.717) is 12.1 Å². The summed E-state index contributed by atoms with van der Waals surface area (Å²) >= 11 is 0. The van der Waals surface area contributed by atoms with E-state index < -0.39 is 0 Å².